The Kier molecular flexibility index (Phi) is 5.32. The van der Waals surface area contributed by atoms with Gasteiger partial charge in [-0.3, -0.25) is 0 Å². The van der Waals surface area contributed by atoms with Crippen molar-refractivity contribution >= 4 is 17.8 Å². The van der Waals surface area contributed by atoms with Gasteiger partial charge in [0, 0.05) is 43.8 Å². The Labute approximate surface area is 136 Å². The summed E-state index contributed by atoms with van der Waals surface area (Å²) in [6.45, 7) is 5.47. The molecule has 0 saturated carbocycles. The van der Waals surface area contributed by atoms with E-state index >= 15 is 0 Å². The molecule has 1 aromatic carbocycles. The highest BCUT2D eigenvalue weighted by Crippen LogP contribution is 2.13. The maximum absolute atomic E-state index is 5.98. The summed E-state index contributed by atoms with van der Waals surface area (Å²) in [5, 5.41) is 8.62. The smallest absolute Gasteiger partial charge is 0.231 e. The monoisotopic (exact) mass is 320 g/mol. The highest BCUT2D eigenvalue weighted by Gasteiger charge is 2.17. The van der Waals surface area contributed by atoms with Crippen molar-refractivity contribution in [1.82, 2.24) is 15.3 Å². The molecule has 6 heteroatoms. The third-order valence-corrected chi connectivity index (χ3v) is 3.97. The second-order valence-electron chi connectivity index (χ2n) is 5.33. The number of nitrogens with zero attached hydrogens (tertiary/aromatic N) is 3. The van der Waals surface area contributed by atoms with Crippen LogP contribution in [0.3, 0.4) is 0 Å². The van der Waals surface area contributed by atoms with E-state index in [0.29, 0.717) is 12.5 Å². The summed E-state index contributed by atoms with van der Waals surface area (Å²) in [4.78, 5) is 4.33. The number of ether oxygens (including phenoxy) is 1. The molecule has 1 N–H and O–H groups in total. The van der Waals surface area contributed by atoms with Gasteiger partial charge in [-0.25, -0.2) is 10.0 Å². The molecular formula is C16H21ClN4O. The maximum atomic E-state index is 5.98. The second-order valence-corrected chi connectivity index (χ2v) is 5.77. The molecule has 0 aliphatic carbocycles. The third-order valence-electron chi connectivity index (χ3n) is 3.73. The van der Waals surface area contributed by atoms with Gasteiger partial charge in [0.2, 0.25) is 5.88 Å². The number of hydrazine groups is 1. The highest BCUT2D eigenvalue weighted by molar-refractivity contribution is 6.30. The minimum absolute atomic E-state index is 0.596. The first-order chi connectivity index (χ1) is 10.8. The van der Waals surface area contributed by atoms with Gasteiger partial charge in [-0.1, -0.05) is 23.7 Å². The third kappa shape index (κ3) is 4.22. The second kappa shape index (κ2) is 7.63. The van der Waals surface area contributed by atoms with Crippen LogP contribution in [0, 0.1) is 0 Å². The molecule has 2 aliphatic rings. The number of aliphatic imine (C=N–C) groups is 1. The lowest BCUT2D eigenvalue weighted by molar-refractivity contribution is 0.0174. The summed E-state index contributed by atoms with van der Waals surface area (Å²) in [5.74, 6) is 0.673. The zero-order chi connectivity index (χ0) is 15.2. The predicted octanol–water partition coefficient (Wildman–Crippen LogP) is 1.90. The Morgan fingerprint density at radius 1 is 1.27 bits per heavy atom. The van der Waals surface area contributed by atoms with Crippen LogP contribution in [0.5, 0.6) is 0 Å². The first kappa shape index (κ1) is 15.3. The molecule has 1 saturated heterocycles. The van der Waals surface area contributed by atoms with E-state index in [1.54, 1.807) is 0 Å². The van der Waals surface area contributed by atoms with E-state index in [2.05, 4.69) is 26.4 Å². The standard InChI is InChI=1S/C16H21ClN4O/c17-15-3-1-2-14(12-15)4-11-22-16-13-21(10-7-19-16)20-8-5-18-6-9-20/h1-3,7,12-13,18H,4-6,8-11H2. The summed E-state index contributed by atoms with van der Waals surface area (Å²) in [7, 11) is 0. The van der Waals surface area contributed by atoms with Crippen LogP contribution in [0.15, 0.2) is 41.3 Å². The van der Waals surface area contributed by atoms with E-state index in [-0.39, 0.29) is 0 Å². The number of hydrogen-bond acceptors (Lipinski definition) is 5. The van der Waals surface area contributed by atoms with E-state index in [1.807, 2.05) is 30.6 Å². The molecule has 0 atom stereocenters. The number of nitrogens with one attached hydrogen (secondary N) is 1. The normalized spacial score (nSPS) is 19.1. The van der Waals surface area contributed by atoms with Gasteiger partial charge < -0.3 is 15.1 Å². The van der Waals surface area contributed by atoms with Gasteiger partial charge in [-0.2, -0.15) is 0 Å². The number of piperazine rings is 1. The largest absolute Gasteiger partial charge is 0.476 e. The molecule has 0 radical (unpaired) electrons. The van der Waals surface area contributed by atoms with Gasteiger partial charge >= 0.3 is 0 Å². The molecule has 118 valence electrons. The highest BCUT2D eigenvalue weighted by atomic mass is 35.5. The minimum Gasteiger partial charge on any atom is -0.476 e. The van der Waals surface area contributed by atoms with Gasteiger partial charge in [-0.05, 0) is 17.7 Å². The summed E-state index contributed by atoms with van der Waals surface area (Å²) >= 11 is 5.98. The Hall–Kier alpha value is -1.56. The lowest BCUT2D eigenvalue weighted by Gasteiger charge is -2.37. The van der Waals surface area contributed by atoms with Gasteiger partial charge in [0.15, 0.2) is 0 Å². The van der Waals surface area contributed by atoms with Gasteiger partial charge in [0.25, 0.3) is 0 Å². The zero-order valence-electron chi connectivity index (χ0n) is 12.5. The SMILES string of the molecule is Clc1cccc(CCOC2=CN(N3CCNCC3)CC=N2)c1. The summed E-state index contributed by atoms with van der Waals surface area (Å²) in [6.07, 6.45) is 4.71. The van der Waals surface area contributed by atoms with Crippen LogP contribution < -0.4 is 5.32 Å². The molecule has 0 amide bonds. The van der Waals surface area contributed by atoms with E-state index in [4.69, 9.17) is 16.3 Å². The van der Waals surface area contributed by atoms with E-state index in [9.17, 15) is 0 Å². The van der Waals surface area contributed by atoms with Crippen LogP contribution in [-0.4, -0.2) is 55.6 Å². The topological polar surface area (TPSA) is 40.1 Å². The lowest BCUT2D eigenvalue weighted by atomic mass is 10.2. The predicted molar refractivity (Wildman–Crippen MR) is 88.8 cm³/mol. The van der Waals surface area contributed by atoms with Crippen LogP contribution in [0.25, 0.3) is 0 Å². The average molecular weight is 321 g/mol. The van der Waals surface area contributed by atoms with Gasteiger partial charge in [0.1, 0.15) is 0 Å². The van der Waals surface area contributed by atoms with Crippen LogP contribution in [0.2, 0.25) is 5.02 Å². The van der Waals surface area contributed by atoms with Crippen molar-refractivity contribution in [3.63, 3.8) is 0 Å². The number of hydrogen-bond donors (Lipinski definition) is 1. The number of rotatable bonds is 5. The fraction of sp³-hybridized carbons (Fsp3) is 0.438. The van der Waals surface area contributed by atoms with Crippen molar-refractivity contribution in [2.24, 2.45) is 4.99 Å². The van der Waals surface area contributed by atoms with Crippen molar-refractivity contribution in [3.8, 4) is 0 Å². The Morgan fingerprint density at radius 2 is 2.14 bits per heavy atom. The molecule has 5 nitrogen and oxygen atoms in total. The minimum atomic E-state index is 0.596. The van der Waals surface area contributed by atoms with E-state index < -0.39 is 0 Å². The lowest BCUT2D eigenvalue weighted by Crippen LogP contribution is -2.51. The van der Waals surface area contributed by atoms with E-state index in [0.717, 1.165) is 44.2 Å². The molecule has 0 unspecified atom stereocenters. The Bertz CT molecular complexity index is 555. The quantitative estimate of drug-likeness (QED) is 0.899. The van der Waals surface area contributed by atoms with Gasteiger partial charge in [-0.15, -0.1) is 0 Å². The molecular weight excluding hydrogens is 300 g/mol. The molecule has 2 aliphatic heterocycles. The number of benzene rings is 1. The average Bonchev–Trinajstić information content (AvgIpc) is 2.56. The Morgan fingerprint density at radius 3 is 2.95 bits per heavy atom. The van der Waals surface area contributed by atoms with Crippen molar-refractivity contribution < 1.29 is 4.74 Å². The molecule has 3 rings (SSSR count). The molecule has 0 aromatic heterocycles. The van der Waals surface area contributed by atoms with Crippen molar-refractivity contribution in [3.05, 3.63) is 46.9 Å². The number of halogens is 1. The zero-order valence-corrected chi connectivity index (χ0v) is 13.3. The van der Waals surface area contributed by atoms with Crippen LogP contribution in [0.4, 0.5) is 0 Å². The van der Waals surface area contributed by atoms with Crippen LogP contribution in [0.1, 0.15) is 5.56 Å². The molecule has 0 bridgehead atoms. The van der Waals surface area contributed by atoms with Crippen LogP contribution in [-0.2, 0) is 11.2 Å². The maximum Gasteiger partial charge on any atom is 0.231 e. The van der Waals surface area contributed by atoms with E-state index in [1.165, 1.54) is 5.56 Å². The summed E-state index contributed by atoms with van der Waals surface area (Å²) < 4.78 is 5.78. The molecule has 0 spiro atoms. The van der Waals surface area contributed by atoms with Crippen molar-refractivity contribution in [1.29, 1.82) is 0 Å². The van der Waals surface area contributed by atoms with Crippen molar-refractivity contribution in [2.75, 3.05) is 39.3 Å². The van der Waals surface area contributed by atoms with Crippen molar-refractivity contribution in [2.45, 2.75) is 6.42 Å². The fourth-order valence-corrected chi connectivity index (χ4v) is 2.79. The molecule has 2 heterocycles. The molecule has 1 aromatic rings. The fourth-order valence-electron chi connectivity index (χ4n) is 2.58. The molecule has 22 heavy (non-hydrogen) atoms. The first-order valence-electron chi connectivity index (χ1n) is 7.65. The molecule has 1 fully saturated rings. The summed E-state index contributed by atoms with van der Waals surface area (Å²) in [6, 6.07) is 7.87. The Balaban J connectivity index is 1.50. The van der Waals surface area contributed by atoms with Crippen LogP contribution >= 0.6 is 11.6 Å². The van der Waals surface area contributed by atoms with Gasteiger partial charge in [0.05, 0.1) is 19.4 Å². The first-order valence-corrected chi connectivity index (χ1v) is 8.03. The summed E-state index contributed by atoms with van der Waals surface area (Å²) in [5.41, 5.74) is 1.17.